The summed E-state index contributed by atoms with van der Waals surface area (Å²) < 4.78 is 13.3. The zero-order valence-electron chi connectivity index (χ0n) is 7.21. The molecule has 0 N–H and O–H groups in total. The fourth-order valence-corrected chi connectivity index (χ4v) is 1.45. The standard InChI is InChI=1S/C10H2FIN2S/c11-10-2-1-7(5-13)9(6-14)8(10)3-4-15-12/h1-2H. The van der Waals surface area contributed by atoms with Crippen LogP contribution in [0.5, 0.6) is 0 Å². The van der Waals surface area contributed by atoms with E-state index in [9.17, 15) is 4.39 Å². The van der Waals surface area contributed by atoms with Crippen molar-refractivity contribution in [3.8, 4) is 23.3 Å². The van der Waals surface area contributed by atoms with Gasteiger partial charge in [-0.1, -0.05) is 0 Å². The first-order chi connectivity index (χ1) is 7.24. The van der Waals surface area contributed by atoms with Gasteiger partial charge >= 0.3 is 0 Å². The van der Waals surface area contributed by atoms with Gasteiger partial charge in [-0.25, -0.2) is 4.39 Å². The molecule has 0 spiro atoms. The van der Waals surface area contributed by atoms with Crippen LogP contribution in [-0.2, 0) is 0 Å². The molecule has 2 nitrogen and oxygen atoms in total. The van der Waals surface area contributed by atoms with E-state index >= 15 is 0 Å². The molecular formula is C10H2FIN2S. The molecule has 1 aromatic carbocycles. The summed E-state index contributed by atoms with van der Waals surface area (Å²) in [6.07, 6.45) is 0. The number of hydrogen-bond donors (Lipinski definition) is 0. The summed E-state index contributed by atoms with van der Waals surface area (Å²) in [7, 11) is 1.19. The van der Waals surface area contributed by atoms with Crippen molar-refractivity contribution in [2.24, 2.45) is 0 Å². The van der Waals surface area contributed by atoms with Gasteiger partial charge in [0.1, 0.15) is 18.0 Å². The molecule has 0 heterocycles. The van der Waals surface area contributed by atoms with Crippen molar-refractivity contribution >= 4 is 30.1 Å². The van der Waals surface area contributed by atoms with Crippen LogP contribution in [0.1, 0.15) is 16.7 Å². The van der Waals surface area contributed by atoms with Crippen molar-refractivity contribution < 1.29 is 4.39 Å². The van der Waals surface area contributed by atoms with Gasteiger partial charge < -0.3 is 0 Å². The molecule has 15 heavy (non-hydrogen) atoms. The first-order valence-corrected chi connectivity index (χ1v) is 7.01. The fourth-order valence-electron chi connectivity index (χ4n) is 0.979. The topological polar surface area (TPSA) is 47.6 Å². The van der Waals surface area contributed by atoms with Gasteiger partial charge in [0.2, 0.25) is 0 Å². The third kappa shape index (κ3) is 2.62. The molecule has 0 bridgehead atoms. The quantitative estimate of drug-likeness (QED) is 0.543. The molecular weight excluding hydrogens is 326 g/mol. The largest absolute Gasteiger partial charge is 0.206 e. The summed E-state index contributed by atoms with van der Waals surface area (Å²) >= 11 is 1.94. The highest BCUT2D eigenvalue weighted by molar-refractivity contribution is 14.2. The predicted octanol–water partition coefficient (Wildman–Crippen LogP) is 2.96. The number of hydrogen-bond acceptors (Lipinski definition) is 3. The number of nitriles is 2. The van der Waals surface area contributed by atoms with Crippen molar-refractivity contribution in [2.45, 2.75) is 0 Å². The lowest BCUT2D eigenvalue weighted by Crippen LogP contribution is -1.93. The maximum absolute atomic E-state index is 13.3. The van der Waals surface area contributed by atoms with E-state index in [1.807, 2.05) is 27.3 Å². The van der Waals surface area contributed by atoms with Crippen LogP contribution >= 0.6 is 30.1 Å². The van der Waals surface area contributed by atoms with Gasteiger partial charge in [0.15, 0.2) is 0 Å². The third-order valence-electron chi connectivity index (χ3n) is 1.60. The van der Waals surface area contributed by atoms with Crippen molar-refractivity contribution in [2.75, 3.05) is 0 Å². The van der Waals surface area contributed by atoms with Crippen LogP contribution in [0.4, 0.5) is 4.39 Å². The van der Waals surface area contributed by atoms with Gasteiger partial charge in [0.25, 0.3) is 0 Å². The van der Waals surface area contributed by atoms with E-state index in [4.69, 9.17) is 10.5 Å². The Hall–Kier alpha value is -1.23. The Bertz CT molecular complexity index is 531. The summed E-state index contributed by atoms with van der Waals surface area (Å²) in [5, 5.41) is 20.1. The number of rotatable bonds is 0. The average molecular weight is 328 g/mol. The molecule has 0 aromatic heterocycles. The van der Waals surface area contributed by atoms with Gasteiger partial charge in [-0.05, 0) is 32.2 Å². The summed E-state index contributed by atoms with van der Waals surface area (Å²) in [5.74, 6) is 1.93. The Morgan fingerprint density at radius 1 is 1.20 bits per heavy atom. The maximum Gasteiger partial charge on any atom is 0.140 e. The molecule has 0 aliphatic carbocycles. The van der Waals surface area contributed by atoms with E-state index in [2.05, 4.69) is 11.2 Å². The number of halogens is 2. The van der Waals surface area contributed by atoms with Gasteiger partial charge in [0, 0.05) is 21.2 Å². The highest BCUT2D eigenvalue weighted by Gasteiger charge is 2.11. The maximum atomic E-state index is 13.3. The van der Waals surface area contributed by atoms with E-state index < -0.39 is 5.82 Å². The number of nitrogens with zero attached hydrogens (tertiary/aromatic N) is 2. The van der Waals surface area contributed by atoms with E-state index in [1.54, 1.807) is 6.07 Å². The van der Waals surface area contributed by atoms with Crippen molar-refractivity contribution in [3.05, 3.63) is 34.6 Å². The molecule has 1 rings (SSSR count). The van der Waals surface area contributed by atoms with Crippen molar-refractivity contribution in [1.29, 1.82) is 10.5 Å². The molecule has 0 saturated heterocycles. The molecule has 1 aromatic rings. The molecule has 0 unspecified atom stereocenters. The lowest BCUT2D eigenvalue weighted by atomic mass is 10.0. The van der Waals surface area contributed by atoms with Crippen LogP contribution in [0.25, 0.3) is 0 Å². The molecule has 0 amide bonds. The van der Waals surface area contributed by atoms with Gasteiger partial charge in [-0.2, -0.15) is 10.5 Å². The minimum Gasteiger partial charge on any atom is -0.206 e. The highest BCUT2D eigenvalue weighted by atomic mass is 127. The number of benzene rings is 1. The van der Waals surface area contributed by atoms with Crippen LogP contribution in [0.3, 0.4) is 0 Å². The van der Waals surface area contributed by atoms with Gasteiger partial charge in [0.05, 0.1) is 16.7 Å². The second kappa shape index (κ2) is 5.60. The van der Waals surface area contributed by atoms with Crippen molar-refractivity contribution in [3.63, 3.8) is 0 Å². The summed E-state index contributed by atoms with van der Waals surface area (Å²) in [6, 6.07) is 6.03. The fraction of sp³-hybridized carbons (Fsp3) is 0. The molecule has 0 atom stereocenters. The normalized spacial score (nSPS) is 8.27. The second-order valence-corrected chi connectivity index (χ2v) is 4.05. The van der Waals surface area contributed by atoms with E-state index in [1.165, 1.54) is 15.0 Å². The summed E-state index contributed by atoms with van der Waals surface area (Å²) in [6.45, 7) is 0. The Morgan fingerprint density at radius 2 is 1.93 bits per heavy atom. The Morgan fingerprint density at radius 3 is 2.47 bits per heavy atom. The van der Waals surface area contributed by atoms with Gasteiger partial charge in [-0.3, -0.25) is 0 Å². The molecule has 0 fully saturated rings. The van der Waals surface area contributed by atoms with E-state index in [0.717, 1.165) is 6.07 Å². The molecule has 5 heteroatoms. The smallest absolute Gasteiger partial charge is 0.140 e. The van der Waals surface area contributed by atoms with Crippen LogP contribution in [0, 0.1) is 39.7 Å². The highest BCUT2D eigenvalue weighted by Crippen LogP contribution is 2.17. The predicted molar refractivity (Wildman–Crippen MR) is 64.3 cm³/mol. The molecule has 0 aliphatic rings. The van der Waals surface area contributed by atoms with E-state index in [-0.39, 0.29) is 16.7 Å². The first-order valence-electron chi connectivity index (χ1n) is 3.66. The molecule has 0 radical (unpaired) electrons. The molecule has 72 valence electrons. The Labute approximate surface area is 103 Å². The monoisotopic (exact) mass is 328 g/mol. The lowest BCUT2D eigenvalue weighted by Gasteiger charge is -1.98. The SMILES string of the molecule is N#Cc1ccc(F)c(C#CSI)c1C#N. The third-order valence-corrected chi connectivity index (χ3v) is 2.44. The van der Waals surface area contributed by atoms with Crippen molar-refractivity contribution in [1.82, 2.24) is 0 Å². The average Bonchev–Trinajstić information content (AvgIpc) is 2.27. The Kier molecular flexibility index (Phi) is 4.42. The van der Waals surface area contributed by atoms with Gasteiger partial charge in [-0.15, -0.1) is 0 Å². The molecule has 0 saturated carbocycles. The van der Waals surface area contributed by atoms with Crippen LogP contribution < -0.4 is 0 Å². The van der Waals surface area contributed by atoms with E-state index in [0.29, 0.717) is 0 Å². The van der Waals surface area contributed by atoms with Crippen LogP contribution in [0.2, 0.25) is 0 Å². The first kappa shape index (κ1) is 11.8. The zero-order chi connectivity index (χ0) is 11.3. The van der Waals surface area contributed by atoms with Crippen LogP contribution in [0.15, 0.2) is 12.1 Å². The minimum absolute atomic E-state index is 0.00421. The Balaban J connectivity index is 3.49. The molecule has 0 aliphatic heterocycles. The zero-order valence-corrected chi connectivity index (χ0v) is 10.2. The minimum atomic E-state index is -0.580. The van der Waals surface area contributed by atoms with Crippen LogP contribution in [-0.4, -0.2) is 0 Å². The summed E-state index contributed by atoms with van der Waals surface area (Å²) in [5.41, 5.74) is 0.123. The second-order valence-electron chi connectivity index (χ2n) is 2.37. The lowest BCUT2D eigenvalue weighted by molar-refractivity contribution is 0.623. The summed E-state index contributed by atoms with van der Waals surface area (Å²) in [4.78, 5) is 0.